The van der Waals surface area contributed by atoms with Crippen LogP contribution in [0.15, 0.2) is 42.5 Å². The number of rotatable bonds is 5. The summed E-state index contributed by atoms with van der Waals surface area (Å²) in [6.07, 6.45) is 4.31. The van der Waals surface area contributed by atoms with Gasteiger partial charge in [-0.15, -0.1) is 11.3 Å². The van der Waals surface area contributed by atoms with E-state index in [1.54, 1.807) is 11.3 Å². The van der Waals surface area contributed by atoms with Crippen LogP contribution >= 0.6 is 11.3 Å². The molecule has 0 bridgehead atoms. The first-order valence-corrected chi connectivity index (χ1v) is 10.9. The van der Waals surface area contributed by atoms with E-state index in [1.807, 2.05) is 6.07 Å². The SMILES string of the molecule is CCc1cccc(C)c1NC(=O)CN1CCCC[C@@H]1c1nc2ccccc2s1. The van der Waals surface area contributed by atoms with Crippen molar-refractivity contribution in [1.29, 1.82) is 0 Å². The van der Waals surface area contributed by atoms with Gasteiger partial charge in [0.25, 0.3) is 0 Å². The summed E-state index contributed by atoms with van der Waals surface area (Å²) in [6, 6.07) is 14.7. The molecule has 1 atom stereocenters. The number of amides is 1. The van der Waals surface area contributed by atoms with Crippen LogP contribution in [0.4, 0.5) is 5.69 Å². The molecular formula is C23H27N3OS. The summed E-state index contributed by atoms with van der Waals surface area (Å²) in [6.45, 7) is 5.54. The van der Waals surface area contributed by atoms with E-state index in [2.05, 4.69) is 60.5 Å². The molecule has 2 heterocycles. The van der Waals surface area contributed by atoms with Crippen LogP contribution in [0, 0.1) is 6.92 Å². The molecule has 0 radical (unpaired) electrons. The number of likely N-dealkylation sites (tertiary alicyclic amines) is 1. The molecule has 1 fully saturated rings. The monoisotopic (exact) mass is 393 g/mol. The Morgan fingerprint density at radius 1 is 1.21 bits per heavy atom. The summed E-state index contributed by atoms with van der Waals surface area (Å²) in [5, 5.41) is 4.32. The summed E-state index contributed by atoms with van der Waals surface area (Å²) in [7, 11) is 0. The highest BCUT2D eigenvalue weighted by Gasteiger charge is 2.28. The molecule has 1 saturated heterocycles. The molecule has 1 N–H and O–H groups in total. The third kappa shape index (κ3) is 3.96. The van der Waals surface area contributed by atoms with Crippen molar-refractivity contribution in [3.05, 3.63) is 58.6 Å². The Morgan fingerprint density at radius 3 is 2.89 bits per heavy atom. The number of anilines is 1. The normalized spacial score (nSPS) is 17.7. The van der Waals surface area contributed by atoms with Crippen molar-refractivity contribution in [2.45, 2.75) is 45.6 Å². The zero-order valence-electron chi connectivity index (χ0n) is 16.6. The van der Waals surface area contributed by atoms with Crippen LogP contribution in [0.3, 0.4) is 0 Å². The van der Waals surface area contributed by atoms with Crippen molar-refractivity contribution in [2.75, 3.05) is 18.4 Å². The van der Waals surface area contributed by atoms with Gasteiger partial charge in [0.2, 0.25) is 5.91 Å². The number of fused-ring (bicyclic) bond motifs is 1. The maximum absolute atomic E-state index is 12.9. The number of aryl methyl sites for hydroxylation is 2. The minimum atomic E-state index is 0.0667. The van der Waals surface area contributed by atoms with Gasteiger partial charge in [0.1, 0.15) is 5.01 Å². The van der Waals surface area contributed by atoms with Gasteiger partial charge in [-0.25, -0.2) is 4.98 Å². The molecule has 4 rings (SSSR count). The van der Waals surface area contributed by atoms with Crippen molar-refractivity contribution in [2.24, 2.45) is 0 Å². The number of para-hydroxylation sites is 2. The first kappa shape index (κ1) is 19.1. The van der Waals surface area contributed by atoms with Crippen LogP contribution in [-0.4, -0.2) is 28.9 Å². The van der Waals surface area contributed by atoms with Crippen LogP contribution < -0.4 is 5.32 Å². The van der Waals surface area contributed by atoms with E-state index in [0.29, 0.717) is 6.54 Å². The predicted molar refractivity (Wildman–Crippen MR) is 117 cm³/mol. The molecule has 0 spiro atoms. The number of piperidine rings is 1. The van der Waals surface area contributed by atoms with E-state index in [9.17, 15) is 4.79 Å². The Labute approximate surface area is 170 Å². The van der Waals surface area contributed by atoms with Crippen molar-refractivity contribution in [1.82, 2.24) is 9.88 Å². The number of nitrogens with zero attached hydrogens (tertiary/aromatic N) is 2. The first-order chi connectivity index (χ1) is 13.7. The summed E-state index contributed by atoms with van der Waals surface area (Å²) < 4.78 is 1.22. The van der Waals surface area contributed by atoms with Gasteiger partial charge >= 0.3 is 0 Å². The lowest BCUT2D eigenvalue weighted by Crippen LogP contribution is -2.39. The van der Waals surface area contributed by atoms with E-state index in [-0.39, 0.29) is 11.9 Å². The summed E-state index contributed by atoms with van der Waals surface area (Å²) >= 11 is 1.76. The second kappa shape index (κ2) is 8.41. The quantitative estimate of drug-likeness (QED) is 0.637. The Bertz CT molecular complexity index is 948. The van der Waals surface area contributed by atoms with Gasteiger partial charge in [0.15, 0.2) is 0 Å². The molecule has 2 aromatic carbocycles. The average Bonchev–Trinajstić information content (AvgIpc) is 3.14. The minimum Gasteiger partial charge on any atom is -0.324 e. The van der Waals surface area contributed by atoms with Gasteiger partial charge in [0, 0.05) is 5.69 Å². The van der Waals surface area contributed by atoms with Gasteiger partial charge < -0.3 is 5.32 Å². The van der Waals surface area contributed by atoms with Crippen LogP contribution in [0.25, 0.3) is 10.2 Å². The highest BCUT2D eigenvalue weighted by molar-refractivity contribution is 7.18. The van der Waals surface area contributed by atoms with Crippen LogP contribution in [-0.2, 0) is 11.2 Å². The first-order valence-electron chi connectivity index (χ1n) is 10.1. The van der Waals surface area contributed by atoms with E-state index >= 15 is 0 Å². The lowest BCUT2D eigenvalue weighted by molar-refractivity contribution is -0.118. The Morgan fingerprint density at radius 2 is 2.07 bits per heavy atom. The Kier molecular flexibility index (Phi) is 5.74. The fourth-order valence-corrected chi connectivity index (χ4v) is 5.20. The lowest BCUT2D eigenvalue weighted by Gasteiger charge is -2.34. The summed E-state index contributed by atoms with van der Waals surface area (Å²) in [5.74, 6) is 0.0667. The predicted octanol–water partition coefficient (Wildman–Crippen LogP) is 5.33. The number of nitrogens with one attached hydrogen (secondary N) is 1. The van der Waals surface area contributed by atoms with Gasteiger partial charge in [-0.05, 0) is 56.0 Å². The maximum atomic E-state index is 12.9. The largest absolute Gasteiger partial charge is 0.324 e. The van der Waals surface area contributed by atoms with Gasteiger partial charge in [-0.1, -0.05) is 43.7 Å². The molecule has 0 saturated carbocycles. The Hall–Kier alpha value is -2.24. The number of hydrogen-bond donors (Lipinski definition) is 1. The molecule has 0 unspecified atom stereocenters. The number of hydrogen-bond acceptors (Lipinski definition) is 4. The number of carbonyl (C=O) groups excluding carboxylic acids is 1. The highest BCUT2D eigenvalue weighted by atomic mass is 32.1. The molecule has 146 valence electrons. The molecule has 0 aliphatic carbocycles. The fourth-order valence-electron chi connectivity index (χ4n) is 4.06. The average molecular weight is 394 g/mol. The Balaban J connectivity index is 1.51. The number of carbonyl (C=O) groups is 1. The van der Waals surface area contributed by atoms with Crippen LogP contribution in [0.5, 0.6) is 0 Å². The molecule has 3 aromatic rings. The second-order valence-corrected chi connectivity index (χ2v) is 8.57. The minimum absolute atomic E-state index is 0.0667. The number of benzene rings is 2. The van der Waals surface area contributed by atoms with E-state index in [4.69, 9.17) is 4.98 Å². The molecule has 1 aromatic heterocycles. The van der Waals surface area contributed by atoms with E-state index in [1.165, 1.54) is 16.7 Å². The van der Waals surface area contributed by atoms with Crippen molar-refractivity contribution in [3.8, 4) is 0 Å². The lowest BCUT2D eigenvalue weighted by atomic mass is 10.0. The molecule has 28 heavy (non-hydrogen) atoms. The van der Waals surface area contributed by atoms with Gasteiger partial charge in [0.05, 0.1) is 22.8 Å². The maximum Gasteiger partial charge on any atom is 0.238 e. The van der Waals surface area contributed by atoms with Crippen molar-refractivity contribution >= 4 is 33.1 Å². The highest BCUT2D eigenvalue weighted by Crippen LogP contribution is 2.35. The van der Waals surface area contributed by atoms with E-state index < -0.39 is 0 Å². The molecule has 1 aliphatic heterocycles. The molecule has 1 amide bonds. The third-order valence-electron chi connectivity index (χ3n) is 5.56. The summed E-state index contributed by atoms with van der Waals surface area (Å²) in [4.78, 5) is 20.1. The smallest absolute Gasteiger partial charge is 0.238 e. The number of thiazole rings is 1. The zero-order chi connectivity index (χ0) is 19.5. The standard InChI is InChI=1S/C23H27N3OS/c1-3-17-10-8-9-16(2)22(17)25-21(27)15-26-14-7-6-12-19(26)23-24-18-11-4-5-13-20(18)28-23/h4-5,8-11,13,19H,3,6-7,12,14-15H2,1-2H3,(H,25,27)/t19-/m1/s1. The molecule has 4 nitrogen and oxygen atoms in total. The van der Waals surface area contributed by atoms with Crippen LogP contribution in [0.1, 0.15) is 48.4 Å². The third-order valence-corrected chi connectivity index (χ3v) is 6.70. The molecular weight excluding hydrogens is 366 g/mol. The zero-order valence-corrected chi connectivity index (χ0v) is 17.4. The topological polar surface area (TPSA) is 45.2 Å². The fraction of sp³-hybridized carbons (Fsp3) is 0.391. The second-order valence-electron chi connectivity index (χ2n) is 7.51. The van der Waals surface area contributed by atoms with E-state index in [0.717, 1.165) is 47.6 Å². The van der Waals surface area contributed by atoms with Crippen LogP contribution in [0.2, 0.25) is 0 Å². The van der Waals surface area contributed by atoms with Crippen molar-refractivity contribution < 1.29 is 4.79 Å². The number of aromatic nitrogens is 1. The molecule has 1 aliphatic rings. The van der Waals surface area contributed by atoms with Gasteiger partial charge in [-0.2, -0.15) is 0 Å². The summed E-state index contributed by atoms with van der Waals surface area (Å²) in [5.41, 5.74) is 4.34. The van der Waals surface area contributed by atoms with Crippen molar-refractivity contribution in [3.63, 3.8) is 0 Å². The molecule has 5 heteroatoms. The van der Waals surface area contributed by atoms with Gasteiger partial charge in [-0.3, -0.25) is 9.69 Å².